The third-order valence-electron chi connectivity index (χ3n) is 5.54. The van der Waals surface area contributed by atoms with Gasteiger partial charge in [0.25, 0.3) is 0 Å². The molecule has 6 heteroatoms. The average Bonchev–Trinajstić information content (AvgIpc) is 2.80. The van der Waals surface area contributed by atoms with Crippen molar-refractivity contribution in [3.63, 3.8) is 0 Å². The second-order valence-corrected chi connectivity index (χ2v) is 8.10. The summed E-state index contributed by atoms with van der Waals surface area (Å²) in [6.07, 6.45) is 5.03. The molecule has 1 N–H and O–H groups in total. The van der Waals surface area contributed by atoms with Gasteiger partial charge in [-0.3, -0.25) is 14.6 Å². The Labute approximate surface area is 187 Å². The topological polar surface area (TPSA) is 62.3 Å². The Hall–Kier alpha value is -3.18. The second-order valence-electron chi connectivity index (χ2n) is 7.67. The number of carbonyl (C=O) groups is 2. The van der Waals surface area contributed by atoms with Crippen molar-refractivity contribution in [2.75, 3.05) is 13.1 Å². The van der Waals surface area contributed by atoms with Crippen LogP contribution in [0.25, 0.3) is 11.1 Å². The molecule has 1 aliphatic rings. The molecule has 0 saturated carbocycles. The molecule has 1 aliphatic heterocycles. The number of benzene rings is 2. The van der Waals surface area contributed by atoms with Crippen LogP contribution in [0, 0.1) is 0 Å². The fourth-order valence-electron chi connectivity index (χ4n) is 3.90. The molecule has 1 saturated heterocycles. The molecule has 4 rings (SSSR count). The molecule has 0 radical (unpaired) electrons. The molecule has 1 fully saturated rings. The highest BCUT2D eigenvalue weighted by Gasteiger charge is 2.32. The monoisotopic (exact) mass is 433 g/mol. The van der Waals surface area contributed by atoms with Crippen molar-refractivity contribution < 1.29 is 9.59 Å². The first kappa shape index (κ1) is 21.1. The Morgan fingerprint density at radius 1 is 1.06 bits per heavy atom. The molecule has 3 aromatic rings. The smallest absolute Gasteiger partial charge is 0.243 e. The van der Waals surface area contributed by atoms with Gasteiger partial charge in [0.15, 0.2) is 0 Å². The SMILES string of the molecule is O=C1NCCN(C(=O)CCc2ccc(Cl)cc2)[C@H]1Cc1cccc(-c2cccnc2)c1. The van der Waals surface area contributed by atoms with Crippen LogP contribution in [0.15, 0.2) is 73.1 Å². The van der Waals surface area contributed by atoms with Gasteiger partial charge >= 0.3 is 0 Å². The van der Waals surface area contributed by atoms with Crippen molar-refractivity contribution in [2.45, 2.75) is 25.3 Å². The lowest BCUT2D eigenvalue weighted by Crippen LogP contribution is -2.58. The highest BCUT2D eigenvalue weighted by molar-refractivity contribution is 6.30. The van der Waals surface area contributed by atoms with Gasteiger partial charge in [0.05, 0.1) is 0 Å². The molecule has 2 amide bonds. The van der Waals surface area contributed by atoms with Crippen molar-refractivity contribution in [3.05, 3.63) is 89.2 Å². The van der Waals surface area contributed by atoms with Crippen LogP contribution in [0.1, 0.15) is 17.5 Å². The fourth-order valence-corrected chi connectivity index (χ4v) is 4.02. The van der Waals surface area contributed by atoms with Crippen molar-refractivity contribution in [2.24, 2.45) is 0 Å². The number of rotatable bonds is 6. The van der Waals surface area contributed by atoms with Crippen LogP contribution in [-0.4, -0.2) is 40.8 Å². The predicted octanol–water partition coefficient (Wildman–Crippen LogP) is 3.90. The van der Waals surface area contributed by atoms with Gasteiger partial charge in [-0.2, -0.15) is 0 Å². The summed E-state index contributed by atoms with van der Waals surface area (Å²) in [5, 5.41) is 3.58. The first-order chi connectivity index (χ1) is 15.1. The van der Waals surface area contributed by atoms with E-state index in [1.54, 1.807) is 11.1 Å². The van der Waals surface area contributed by atoms with E-state index in [0.717, 1.165) is 22.3 Å². The minimum absolute atomic E-state index is 0.00165. The van der Waals surface area contributed by atoms with E-state index in [9.17, 15) is 9.59 Å². The lowest BCUT2D eigenvalue weighted by molar-refractivity contribution is -0.143. The van der Waals surface area contributed by atoms with Crippen LogP contribution < -0.4 is 5.32 Å². The number of nitrogens with one attached hydrogen (secondary N) is 1. The van der Waals surface area contributed by atoms with E-state index >= 15 is 0 Å². The zero-order chi connectivity index (χ0) is 21.6. The van der Waals surface area contributed by atoms with Gasteiger partial charge in [-0.1, -0.05) is 54.1 Å². The fraction of sp³-hybridized carbons (Fsp3) is 0.240. The van der Waals surface area contributed by atoms with Crippen molar-refractivity contribution in [1.82, 2.24) is 15.2 Å². The highest BCUT2D eigenvalue weighted by Crippen LogP contribution is 2.22. The number of amides is 2. The minimum atomic E-state index is -0.504. The zero-order valence-electron chi connectivity index (χ0n) is 17.1. The summed E-state index contributed by atoms with van der Waals surface area (Å²) >= 11 is 5.94. The standard InChI is InChI=1S/C25H24ClN3O2/c26-22-9-6-18(7-10-22)8-11-24(30)29-14-13-28-25(31)23(29)16-19-3-1-4-20(15-19)21-5-2-12-27-17-21/h1-7,9-10,12,15,17,23H,8,11,13-14,16H2,(H,28,31)/t23-/m0/s1. The quantitative estimate of drug-likeness (QED) is 0.641. The largest absolute Gasteiger partial charge is 0.353 e. The van der Waals surface area contributed by atoms with Crippen LogP contribution in [0.3, 0.4) is 0 Å². The van der Waals surface area contributed by atoms with E-state index in [4.69, 9.17) is 11.6 Å². The molecule has 0 bridgehead atoms. The number of carbonyl (C=O) groups excluding carboxylic acids is 2. The lowest BCUT2D eigenvalue weighted by atomic mass is 9.98. The summed E-state index contributed by atoms with van der Waals surface area (Å²) in [6.45, 7) is 1.01. The maximum absolute atomic E-state index is 13.0. The average molecular weight is 434 g/mol. The molecule has 2 heterocycles. The third-order valence-corrected chi connectivity index (χ3v) is 5.79. The van der Waals surface area contributed by atoms with Gasteiger partial charge in [0.2, 0.25) is 11.8 Å². The van der Waals surface area contributed by atoms with Crippen molar-refractivity contribution >= 4 is 23.4 Å². The number of piperazine rings is 1. The van der Waals surface area contributed by atoms with E-state index < -0.39 is 6.04 Å². The van der Waals surface area contributed by atoms with Crippen LogP contribution in [-0.2, 0) is 22.4 Å². The Morgan fingerprint density at radius 3 is 2.65 bits per heavy atom. The number of halogens is 1. The molecule has 158 valence electrons. The Kier molecular flexibility index (Phi) is 6.63. The van der Waals surface area contributed by atoms with E-state index in [1.165, 1.54) is 0 Å². The third kappa shape index (κ3) is 5.30. The van der Waals surface area contributed by atoms with Crippen LogP contribution in [0.5, 0.6) is 0 Å². The van der Waals surface area contributed by atoms with E-state index in [1.807, 2.05) is 60.8 Å². The molecule has 0 unspecified atom stereocenters. The molecule has 1 aromatic heterocycles. The maximum atomic E-state index is 13.0. The van der Waals surface area contributed by atoms with Gasteiger partial charge in [0.1, 0.15) is 6.04 Å². The molecule has 5 nitrogen and oxygen atoms in total. The van der Waals surface area contributed by atoms with Crippen molar-refractivity contribution in [3.8, 4) is 11.1 Å². The predicted molar refractivity (Wildman–Crippen MR) is 122 cm³/mol. The summed E-state index contributed by atoms with van der Waals surface area (Å²) in [5.41, 5.74) is 4.13. The lowest BCUT2D eigenvalue weighted by Gasteiger charge is -2.35. The molecule has 31 heavy (non-hydrogen) atoms. The van der Waals surface area contributed by atoms with Gasteiger partial charge in [-0.15, -0.1) is 0 Å². The van der Waals surface area contributed by atoms with Crippen molar-refractivity contribution in [1.29, 1.82) is 0 Å². The molecular weight excluding hydrogens is 410 g/mol. The van der Waals surface area contributed by atoms with E-state index in [2.05, 4.69) is 16.4 Å². The Balaban J connectivity index is 1.47. The first-order valence-corrected chi connectivity index (χ1v) is 10.8. The summed E-state index contributed by atoms with van der Waals surface area (Å²) in [5.74, 6) is -0.101. The molecule has 2 aromatic carbocycles. The van der Waals surface area contributed by atoms with E-state index in [0.29, 0.717) is 37.4 Å². The summed E-state index contributed by atoms with van der Waals surface area (Å²) in [6, 6.07) is 19.0. The molecular formula is C25H24ClN3O2. The van der Waals surface area contributed by atoms with Gasteiger partial charge in [-0.25, -0.2) is 0 Å². The van der Waals surface area contributed by atoms with Crippen LogP contribution >= 0.6 is 11.6 Å². The number of aryl methyl sites for hydroxylation is 1. The summed E-state index contributed by atoms with van der Waals surface area (Å²) < 4.78 is 0. The summed E-state index contributed by atoms with van der Waals surface area (Å²) in [4.78, 5) is 31.5. The normalized spacial score (nSPS) is 16.1. The van der Waals surface area contributed by atoms with E-state index in [-0.39, 0.29) is 11.8 Å². The van der Waals surface area contributed by atoms with Crippen LogP contribution in [0.4, 0.5) is 0 Å². The molecule has 0 spiro atoms. The first-order valence-electron chi connectivity index (χ1n) is 10.4. The maximum Gasteiger partial charge on any atom is 0.243 e. The van der Waals surface area contributed by atoms with Gasteiger partial charge < -0.3 is 10.2 Å². The number of nitrogens with zero attached hydrogens (tertiary/aromatic N) is 2. The number of hydrogen-bond donors (Lipinski definition) is 1. The molecule has 0 aliphatic carbocycles. The summed E-state index contributed by atoms with van der Waals surface area (Å²) in [7, 11) is 0. The minimum Gasteiger partial charge on any atom is -0.353 e. The van der Waals surface area contributed by atoms with Gasteiger partial charge in [-0.05, 0) is 46.9 Å². The van der Waals surface area contributed by atoms with Gasteiger partial charge in [0, 0.05) is 43.3 Å². The number of hydrogen-bond acceptors (Lipinski definition) is 3. The van der Waals surface area contributed by atoms with Crippen LogP contribution in [0.2, 0.25) is 5.02 Å². The molecule has 1 atom stereocenters. The Morgan fingerprint density at radius 2 is 1.87 bits per heavy atom. The highest BCUT2D eigenvalue weighted by atomic mass is 35.5. The Bertz CT molecular complexity index is 1050. The number of aromatic nitrogens is 1. The number of pyridine rings is 1. The second kappa shape index (κ2) is 9.75. The zero-order valence-corrected chi connectivity index (χ0v) is 17.9.